The third-order valence-electron chi connectivity index (χ3n) is 5.57. The van der Waals surface area contributed by atoms with Crippen LogP contribution in [0.1, 0.15) is 11.1 Å². The molecule has 0 saturated heterocycles. The molecule has 5 rings (SSSR count). The van der Waals surface area contributed by atoms with Gasteiger partial charge in [0.2, 0.25) is 5.91 Å². The Kier molecular flexibility index (Phi) is 5.24. The third kappa shape index (κ3) is 3.71. The van der Waals surface area contributed by atoms with Gasteiger partial charge in [0.05, 0.1) is 18.5 Å². The van der Waals surface area contributed by atoms with E-state index in [-0.39, 0.29) is 17.9 Å². The standard InChI is InChI=1S/C26H22N2OS/c29-25-23-15-6-7-16-24(23)27-26(28(25)17-19-9-2-1-3-10-19)30-18-21-13-8-12-20-11-4-5-14-22(20)21/h1-16,23-24H,17-18H2/t23-,24-/m0/s1. The van der Waals surface area contributed by atoms with Gasteiger partial charge in [0.15, 0.2) is 5.17 Å². The predicted octanol–water partition coefficient (Wildman–Crippen LogP) is 5.58. The number of amides is 1. The zero-order valence-electron chi connectivity index (χ0n) is 16.5. The number of rotatable bonds is 4. The predicted molar refractivity (Wildman–Crippen MR) is 125 cm³/mol. The molecule has 30 heavy (non-hydrogen) atoms. The van der Waals surface area contributed by atoms with E-state index in [1.807, 2.05) is 47.4 Å². The fraction of sp³-hybridized carbons (Fsp3) is 0.154. The van der Waals surface area contributed by atoms with Crippen molar-refractivity contribution >= 4 is 33.6 Å². The molecule has 1 amide bonds. The molecule has 0 spiro atoms. The van der Waals surface area contributed by atoms with Gasteiger partial charge in [0.25, 0.3) is 0 Å². The Morgan fingerprint density at radius 3 is 2.53 bits per heavy atom. The molecule has 0 bridgehead atoms. The van der Waals surface area contributed by atoms with Crippen molar-refractivity contribution < 1.29 is 4.79 Å². The second kappa shape index (κ2) is 8.33. The smallest absolute Gasteiger partial charge is 0.238 e. The molecule has 0 radical (unpaired) electrons. The molecule has 0 N–H and O–H groups in total. The van der Waals surface area contributed by atoms with E-state index in [4.69, 9.17) is 4.99 Å². The molecule has 4 heteroatoms. The number of hydrogen-bond donors (Lipinski definition) is 0. The molecule has 1 heterocycles. The van der Waals surface area contributed by atoms with Crippen LogP contribution in [-0.4, -0.2) is 22.0 Å². The number of allylic oxidation sites excluding steroid dienone is 2. The number of amidine groups is 1. The van der Waals surface area contributed by atoms with E-state index in [9.17, 15) is 4.79 Å². The number of hydrogen-bond acceptors (Lipinski definition) is 3. The monoisotopic (exact) mass is 410 g/mol. The summed E-state index contributed by atoms with van der Waals surface area (Å²) in [5, 5.41) is 3.29. The lowest BCUT2D eigenvalue weighted by Gasteiger charge is -2.35. The summed E-state index contributed by atoms with van der Waals surface area (Å²) in [7, 11) is 0. The largest absolute Gasteiger partial charge is 0.286 e. The van der Waals surface area contributed by atoms with Crippen molar-refractivity contribution in [3.63, 3.8) is 0 Å². The average Bonchev–Trinajstić information content (AvgIpc) is 2.80. The fourth-order valence-corrected chi connectivity index (χ4v) is 5.05. The first kappa shape index (κ1) is 18.9. The maximum atomic E-state index is 13.3. The first-order valence-electron chi connectivity index (χ1n) is 10.2. The van der Waals surface area contributed by atoms with Crippen LogP contribution in [0, 0.1) is 5.92 Å². The van der Waals surface area contributed by atoms with E-state index in [2.05, 4.69) is 54.6 Å². The molecule has 2 atom stereocenters. The minimum absolute atomic E-state index is 0.107. The van der Waals surface area contributed by atoms with E-state index < -0.39 is 0 Å². The highest BCUT2D eigenvalue weighted by molar-refractivity contribution is 8.13. The van der Waals surface area contributed by atoms with E-state index in [1.54, 1.807) is 11.8 Å². The van der Waals surface area contributed by atoms with Crippen LogP contribution < -0.4 is 0 Å². The minimum atomic E-state index is -0.208. The van der Waals surface area contributed by atoms with Crippen molar-refractivity contribution in [2.45, 2.75) is 18.3 Å². The Hall–Kier alpha value is -3.11. The molecule has 0 fully saturated rings. The van der Waals surface area contributed by atoms with Gasteiger partial charge < -0.3 is 0 Å². The average molecular weight is 411 g/mol. The summed E-state index contributed by atoms with van der Waals surface area (Å²) in [6, 6.07) is 24.8. The van der Waals surface area contributed by atoms with Gasteiger partial charge in [0, 0.05) is 5.75 Å². The fourth-order valence-electron chi connectivity index (χ4n) is 4.01. The van der Waals surface area contributed by atoms with Crippen LogP contribution in [0.2, 0.25) is 0 Å². The highest BCUT2D eigenvalue weighted by Gasteiger charge is 2.36. The molecular weight excluding hydrogens is 388 g/mol. The van der Waals surface area contributed by atoms with E-state index in [0.29, 0.717) is 6.54 Å². The molecule has 2 aliphatic rings. The van der Waals surface area contributed by atoms with Gasteiger partial charge in [0.1, 0.15) is 0 Å². The summed E-state index contributed by atoms with van der Waals surface area (Å²) in [4.78, 5) is 20.2. The molecule has 148 valence electrons. The van der Waals surface area contributed by atoms with Gasteiger partial charge in [-0.1, -0.05) is 109 Å². The Balaban J connectivity index is 1.45. The Morgan fingerprint density at radius 2 is 1.63 bits per heavy atom. The number of fused-ring (bicyclic) bond motifs is 2. The lowest BCUT2D eigenvalue weighted by Crippen LogP contribution is -2.46. The van der Waals surface area contributed by atoms with Crippen molar-refractivity contribution in [1.29, 1.82) is 0 Å². The van der Waals surface area contributed by atoms with Gasteiger partial charge in [-0.25, -0.2) is 0 Å². The topological polar surface area (TPSA) is 32.7 Å². The quantitative estimate of drug-likeness (QED) is 0.562. The second-order valence-electron chi connectivity index (χ2n) is 7.53. The van der Waals surface area contributed by atoms with Crippen molar-refractivity contribution in [3.8, 4) is 0 Å². The zero-order chi connectivity index (χ0) is 20.3. The summed E-state index contributed by atoms with van der Waals surface area (Å²) in [6.07, 6.45) is 7.93. The molecule has 0 unspecified atom stereocenters. The number of thioether (sulfide) groups is 1. The Labute approximate surface area is 180 Å². The van der Waals surface area contributed by atoms with Gasteiger partial charge >= 0.3 is 0 Å². The van der Waals surface area contributed by atoms with E-state index in [1.165, 1.54) is 16.3 Å². The van der Waals surface area contributed by atoms with Gasteiger partial charge in [-0.15, -0.1) is 0 Å². The number of benzene rings is 3. The minimum Gasteiger partial charge on any atom is -0.286 e. The van der Waals surface area contributed by atoms with Crippen molar-refractivity contribution in [2.24, 2.45) is 10.9 Å². The zero-order valence-corrected chi connectivity index (χ0v) is 17.3. The van der Waals surface area contributed by atoms with Crippen LogP contribution >= 0.6 is 11.8 Å². The highest BCUT2D eigenvalue weighted by Crippen LogP contribution is 2.31. The van der Waals surface area contributed by atoms with Crippen molar-refractivity contribution in [2.75, 3.05) is 0 Å². The normalized spacial score (nSPS) is 20.3. The van der Waals surface area contributed by atoms with Crippen molar-refractivity contribution in [3.05, 3.63) is 108 Å². The van der Waals surface area contributed by atoms with Crippen molar-refractivity contribution in [1.82, 2.24) is 4.90 Å². The summed E-state index contributed by atoms with van der Waals surface area (Å²) in [5.41, 5.74) is 2.37. The first-order chi connectivity index (χ1) is 14.8. The first-order valence-corrected chi connectivity index (χ1v) is 11.2. The molecule has 3 aromatic rings. The van der Waals surface area contributed by atoms with Crippen LogP contribution in [0.3, 0.4) is 0 Å². The number of carbonyl (C=O) groups is 1. The Bertz CT molecular complexity index is 1160. The van der Waals surface area contributed by atoms with Crippen LogP contribution in [-0.2, 0) is 17.1 Å². The van der Waals surface area contributed by atoms with Gasteiger partial charge in [-0.2, -0.15) is 0 Å². The van der Waals surface area contributed by atoms with Crippen LogP contribution in [0.4, 0.5) is 0 Å². The lowest BCUT2D eigenvalue weighted by atomic mass is 9.93. The number of carbonyl (C=O) groups excluding carboxylic acids is 1. The molecule has 0 saturated carbocycles. The summed E-state index contributed by atoms with van der Waals surface area (Å²) in [6.45, 7) is 0.543. The summed E-state index contributed by atoms with van der Waals surface area (Å²) < 4.78 is 0. The number of nitrogens with zero attached hydrogens (tertiary/aromatic N) is 2. The van der Waals surface area contributed by atoms with Crippen LogP contribution in [0.15, 0.2) is 102 Å². The van der Waals surface area contributed by atoms with Crippen LogP contribution in [0.5, 0.6) is 0 Å². The van der Waals surface area contributed by atoms with E-state index >= 15 is 0 Å². The van der Waals surface area contributed by atoms with E-state index in [0.717, 1.165) is 16.5 Å². The number of aliphatic imine (C=N–C) groups is 1. The molecule has 3 nitrogen and oxygen atoms in total. The molecule has 0 aromatic heterocycles. The molecule has 1 aliphatic heterocycles. The lowest BCUT2D eigenvalue weighted by molar-refractivity contribution is -0.131. The maximum Gasteiger partial charge on any atom is 0.238 e. The molecule has 1 aliphatic carbocycles. The highest BCUT2D eigenvalue weighted by atomic mass is 32.2. The Morgan fingerprint density at radius 1 is 0.867 bits per heavy atom. The summed E-state index contributed by atoms with van der Waals surface area (Å²) in [5.74, 6) is 0.691. The third-order valence-corrected chi connectivity index (χ3v) is 6.61. The maximum absolute atomic E-state index is 13.3. The van der Waals surface area contributed by atoms with Crippen LogP contribution in [0.25, 0.3) is 10.8 Å². The molecule has 3 aromatic carbocycles. The second-order valence-corrected chi connectivity index (χ2v) is 8.48. The van der Waals surface area contributed by atoms with Gasteiger partial charge in [-0.3, -0.25) is 14.7 Å². The summed E-state index contributed by atoms with van der Waals surface area (Å²) >= 11 is 1.65. The molecular formula is C26H22N2OS. The SMILES string of the molecule is O=C1[C@H]2C=CC=C[C@@H]2N=C(SCc2cccc3ccccc23)N1Cc1ccccc1. The van der Waals surface area contributed by atoms with Gasteiger partial charge in [-0.05, 0) is 21.9 Å².